The lowest BCUT2D eigenvalue weighted by Crippen LogP contribution is -2.48. The van der Waals surface area contributed by atoms with Crippen LogP contribution in [0.15, 0.2) is 54.6 Å². The van der Waals surface area contributed by atoms with Crippen LogP contribution in [0.25, 0.3) is 0 Å². The SMILES string of the molecule is Cc1cccc(CN2CCC(NC(=O)NC(C)c3ccccc3)CC2)c1. The van der Waals surface area contributed by atoms with E-state index >= 15 is 0 Å². The summed E-state index contributed by atoms with van der Waals surface area (Å²) in [6.45, 7) is 7.18. The molecule has 0 radical (unpaired) electrons. The molecule has 0 spiro atoms. The van der Waals surface area contributed by atoms with E-state index in [1.165, 1.54) is 11.1 Å². The van der Waals surface area contributed by atoms with Gasteiger partial charge in [0.2, 0.25) is 0 Å². The van der Waals surface area contributed by atoms with Crippen molar-refractivity contribution in [1.29, 1.82) is 0 Å². The number of hydrogen-bond donors (Lipinski definition) is 2. The number of piperidine rings is 1. The van der Waals surface area contributed by atoms with E-state index < -0.39 is 0 Å². The van der Waals surface area contributed by atoms with Gasteiger partial charge in [0.15, 0.2) is 0 Å². The van der Waals surface area contributed by atoms with Crippen LogP contribution in [0.3, 0.4) is 0 Å². The van der Waals surface area contributed by atoms with Crippen LogP contribution in [0.5, 0.6) is 0 Å². The van der Waals surface area contributed by atoms with Crippen LogP contribution >= 0.6 is 0 Å². The predicted octanol–water partition coefficient (Wildman–Crippen LogP) is 4.02. The van der Waals surface area contributed by atoms with Gasteiger partial charge in [0, 0.05) is 25.7 Å². The monoisotopic (exact) mass is 351 g/mol. The predicted molar refractivity (Wildman–Crippen MR) is 106 cm³/mol. The minimum atomic E-state index is -0.0708. The molecule has 1 heterocycles. The van der Waals surface area contributed by atoms with Gasteiger partial charge in [-0.15, -0.1) is 0 Å². The van der Waals surface area contributed by atoms with Crippen molar-refractivity contribution in [3.63, 3.8) is 0 Å². The Bertz CT molecular complexity index is 708. The van der Waals surface area contributed by atoms with Gasteiger partial charge in [-0.3, -0.25) is 4.90 Å². The molecule has 26 heavy (non-hydrogen) atoms. The second-order valence-corrected chi connectivity index (χ2v) is 7.29. The number of urea groups is 1. The Morgan fingerprint density at radius 2 is 1.85 bits per heavy atom. The fourth-order valence-corrected chi connectivity index (χ4v) is 3.55. The van der Waals surface area contributed by atoms with E-state index in [0.29, 0.717) is 0 Å². The molecule has 4 nitrogen and oxygen atoms in total. The molecule has 4 heteroatoms. The zero-order valence-electron chi connectivity index (χ0n) is 15.7. The molecule has 1 unspecified atom stereocenters. The number of likely N-dealkylation sites (tertiary alicyclic amines) is 1. The summed E-state index contributed by atoms with van der Waals surface area (Å²) in [6, 6.07) is 18.9. The number of carbonyl (C=O) groups is 1. The van der Waals surface area contributed by atoms with Gasteiger partial charge in [0.1, 0.15) is 0 Å². The van der Waals surface area contributed by atoms with Gasteiger partial charge in [-0.1, -0.05) is 60.2 Å². The standard InChI is InChI=1S/C22H29N3O/c1-17-7-6-8-19(15-17)16-25-13-11-21(12-14-25)24-22(26)23-18(2)20-9-4-3-5-10-20/h3-10,15,18,21H,11-14,16H2,1-2H3,(H2,23,24,26). The molecule has 2 N–H and O–H groups in total. The molecule has 0 aromatic heterocycles. The molecule has 1 aliphatic rings. The molecule has 2 aromatic rings. The smallest absolute Gasteiger partial charge is 0.315 e. The molecule has 1 fully saturated rings. The van der Waals surface area contributed by atoms with Crippen LogP contribution in [0.2, 0.25) is 0 Å². The number of amides is 2. The lowest BCUT2D eigenvalue weighted by atomic mass is 10.0. The number of benzene rings is 2. The highest BCUT2D eigenvalue weighted by atomic mass is 16.2. The average Bonchev–Trinajstić information content (AvgIpc) is 2.64. The van der Waals surface area contributed by atoms with Gasteiger partial charge in [0.25, 0.3) is 0 Å². The molecule has 1 saturated heterocycles. The molecular formula is C22H29N3O. The topological polar surface area (TPSA) is 44.4 Å². The third kappa shape index (κ3) is 5.33. The Kier molecular flexibility index (Phi) is 6.29. The Hall–Kier alpha value is -2.33. The first-order valence-corrected chi connectivity index (χ1v) is 9.50. The molecule has 0 aliphatic carbocycles. The fourth-order valence-electron chi connectivity index (χ4n) is 3.55. The van der Waals surface area contributed by atoms with Gasteiger partial charge >= 0.3 is 6.03 Å². The van der Waals surface area contributed by atoms with Gasteiger partial charge in [-0.2, -0.15) is 0 Å². The normalized spacial score (nSPS) is 16.8. The van der Waals surface area contributed by atoms with Crippen molar-refractivity contribution in [1.82, 2.24) is 15.5 Å². The van der Waals surface area contributed by atoms with Crippen molar-refractivity contribution in [2.75, 3.05) is 13.1 Å². The molecule has 0 bridgehead atoms. The highest BCUT2D eigenvalue weighted by Gasteiger charge is 2.21. The number of carbonyl (C=O) groups excluding carboxylic acids is 1. The van der Waals surface area contributed by atoms with E-state index in [1.807, 2.05) is 37.3 Å². The second kappa shape index (κ2) is 8.86. The number of hydrogen-bond acceptors (Lipinski definition) is 2. The van der Waals surface area contributed by atoms with E-state index in [2.05, 4.69) is 46.7 Å². The zero-order valence-corrected chi connectivity index (χ0v) is 15.7. The third-order valence-corrected chi connectivity index (χ3v) is 5.06. The van der Waals surface area contributed by atoms with Crippen molar-refractivity contribution in [2.45, 2.75) is 45.3 Å². The Labute approximate surface area is 156 Å². The molecule has 0 saturated carbocycles. The summed E-state index contributed by atoms with van der Waals surface area (Å²) in [5.41, 5.74) is 3.80. The summed E-state index contributed by atoms with van der Waals surface area (Å²) in [7, 11) is 0. The van der Waals surface area contributed by atoms with Crippen LogP contribution in [0.1, 0.15) is 42.5 Å². The van der Waals surface area contributed by atoms with Crippen molar-refractivity contribution < 1.29 is 4.79 Å². The van der Waals surface area contributed by atoms with Crippen molar-refractivity contribution in [3.8, 4) is 0 Å². The maximum Gasteiger partial charge on any atom is 0.315 e. The van der Waals surface area contributed by atoms with Gasteiger partial charge in [-0.25, -0.2) is 4.79 Å². The molecule has 3 rings (SSSR count). The van der Waals surface area contributed by atoms with Crippen molar-refractivity contribution in [3.05, 3.63) is 71.3 Å². The number of aryl methyl sites for hydroxylation is 1. The van der Waals surface area contributed by atoms with Crippen molar-refractivity contribution >= 4 is 6.03 Å². The first kappa shape index (κ1) is 18.5. The minimum absolute atomic E-state index is 0.0117. The summed E-state index contributed by atoms with van der Waals surface area (Å²) >= 11 is 0. The summed E-state index contributed by atoms with van der Waals surface area (Å²) < 4.78 is 0. The van der Waals surface area contributed by atoms with Crippen molar-refractivity contribution in [2.24, 2.45) is 0 Å². The Morgan fingerprint density at radius 3 is 2.54 bits per heavy atom. The van der Waals surface area contributed by atoms with E-state index in [9.17, 15) is 4.79 Å². The average molecular weight is 351 g/mol. The second-order valence-electron chi connectivity index (χ2n) is 7.29. The summed E-state index contributed by atoms with van der Waals surface area (Å²) in [5, 5.41) is 6.17. The lowest BCUT2D eigenvalue weighted by Gasteiger charge is -2.32. The summed E-state index contributed by atoms with van der Waals surface area (Å²) in [5.74, 6) is 0. The highest BCUT2D eigenvalue weighted by molar-refractivity contribution is 5.74. The van der Waals surface area contributed by atoms with Crippen LogP contribution in [-0.2, 0) is 6.54 Å². The highest BCUT2D eigenvalue weighted by Crippen LogP contribution is 2.15. The molecule has 2 amide bonds. The number of rotatable bonds is 5. The molecule has 1 aliphatic heterocycles. The van der Waals surface area contributed by atoms with Gasteiger partial charge in [0.05, 0.1) is 6.04 Å². The lowest BCUT2D eigenvalue weighted by molar-refractivity contribution is 0.186. The first-order valence-electron chi connectivity index (χ1n) is 9.50. The van der Waals surface area contributed by atoms with E-state index in [4.69, 9.17) is 0 Å². The van der Waals surface area contributed by atoms with Crippen LogP contribution < -0.4 is 10.6 Å². The molecule has 138 valence electrons. The number of nitrogens with zero attached hydrogens (tertiary/aromatic N) is 1. The Balaban J connectivity index is 1.41. The first-order chi connectivity index (χ1) is 12.6. The Morgan fingerprint density at radius 1 is 1.12 bits per heavy atom. The minimum Gasteiger partial charge on any atom is -0.335 e. The maximum atomic E-state index is 12.3. The van der Waals surface area contributed by atoms with Crippen LogP contribution in [0.4, 0.5) is 4.79 Å². The molecular weight excluding hydrogens is 322 g/mol. The number of nitrogens with one attached hydrogen (secondary N) is 2. The summed E-state index contributed by atoms with van der Waals surface area (Å²) in [4.78, 5) is 14.7. The van der Waals surface area contributed by atoms with Gasteiger partial charge < -0.3 is 10.6 Å². The zero-order chi connectivity index (χ0) is 18.4. The van der Waals surface area contributed by atoms with E-state index in [0.717, 1.165) is 38.0 Å². The van der Waals surface area contributed by atoms with Gasteiger partial charge in [-0.05, 0) is 37.8 Å². The quantitative estimate of drug-likeness (QED) is 0.854. The molecule has 1 atom stereocenters. The largest absolute Gasteiger partial charge is 0.335 e. The van der Waals surface area contributed by atoms with Crippen LogP contribution in [-0.4, -0.2) is 30.1 Å². The van der Waals surface area contributed by atoms with Crippen LogP contribution in [0, 0.1) is 6.92 Å². The van der Waals surface area contributed by atoms with E-state index in [-0.39, 0.29) is 18.1 Å². The van der Waals surface area contributed by atoms with E-state index in [1.54, 1.807) is 0 Å². The summed E-state index contributed by atoms with van der Waals surface area (Å²) in [6.07, 6.45) is 2.00. The fraction of sp³-hybridized carbons (Fsp3) is 0.409. The molecule has 2 aromatic carbocycles. The maximum absolute atomic E-state index is 12.3. The third-order valence-electron chi connectivity index (χ3n) is 5.06.